The van der Waals surface area contributed by atoms with Crippen molar-refractivity contribution in [3.05, 3.63) is 76.0 Å². The van der Waals surface area contributed by atoms with Crippen molar-refractivity contribution in [2.75, 3.05) is 11.5 Å². The minimum absolute atomic E-state index is 0.0393. The second kappa shape index (κ2) is 6.05. The Morgan fingerprint density at radius 1 is 1.12 bits per heavy atom. The maximum atomic E-state index is 12.9. The third kappa shape index (κ3) is 2.72. The molecule has 2 aliphatic rings. The highest BCUT2D eigenvalue weighted by molar-refractivity contribution is 6.30. The van der Waals surface area contributed by atoms with Crippen LogP contribution in [0.3, 0.4) is 0 Å². The van der Waals surface area contributed by atoms with Gasteiger partial charge in [-0.05, 0) is 42.3 Å². The molecule has 0 saturated heterocycles. The molecule has 0 unspecified atom stereocenters. The molecule has 0 fully saturated rings. The lowest BCUT2D eigenvalue weighted by Crippen LogP contribution is -2.37. The molecule has 4 rings (SSSR count). The first-order valence-electron chi connectivity index (χ1n) is 8.10. The summed E-state index contributed by atoms with van der Waals surface area (Å²) < 4.78 is 5.27. The van der Waals surface area contributed by atoms with E-state index in [1.54, 1.807) is 17.0 Å². The van der Waals surface area contributed by atoms with E-state index in [4.69, 9.17) is 16.3 Å². The van der Waals surface area contributed by atoms with Gasteiger partial charge in [-0.15, -0.1) is 0 Å². The first-order valence-corrected chi connectivity index (χ1v) is 8.47. The van der Waals surface area contributed by atoms with Gasteiger partial charge in [0.2, 0.25) is 5.91 Å². The SMILES string of the molecule is Cc1cccc(N2C(=O)C[C@H](c3ccc(Cl)cc3)C3=C2COC3=O)c1. The zero-order valence-corrected chi connectivity index (χ0v) is 14.4. The van der Waals surface area contributed by atoms with Gasteiger partial charge >= 0.3 is 5.97 Å². The monoisotopic (exact) mass is 353 g/mol. The van der Waals surface area contributed by atoms with Crippen LogP contribution >= 0.6 is 11.6 Å². The number of rotatable bonds is 2. The van der Waals surface area contributed by atoms with Crippen molar-refractivity contribution in [2.45, 2.75) is 19.3 Å². The Morgan fingerprint density at radius 3 is 2.60 bits per heavy atom. The summed E-state index contributed by atoms with van der Waals surface area (Å²) in [5.41, 5.74) is 3.94. The van der Waals surface area contributed by atoms with Gasteiger partial charge in [0, 0.05) is 23.0 Å². The molecular weight excluding hydrogens is 338 g/mol. The fourth-order valence-corrected chi connectivity index (χ4v) is 3.63. The Labute approximate surface area is 150 Å². The Bertz CT molecular complexity index is 901. The first kappa shape index (κ1) is 15.9. The molecule has 0 aromatic heterocycles. The fraction of sp³-hybridized carbons (Fsp3) is 0.200. The molecule has 0 aliphatic carbocycles. The third-order valence-electron chi connectivity index (χ3n) is 4.65. The molecule has 0 radical (unpaired) electrons. The summed E-state index contributed by atoms with van der Waals surface area (Å²) in [7, 11) is 0. The molecule has 1 amide bonds. The minimum Gasteiger partial charge on any atom is -0.456 e. The molecule has 2 aromatic rings. The standard InChI is InChI=1S/C20H16ClNO3/c1-12-3-2-4-15(9-12)22-17-11-25-20(24)19(17)16(10-18(22)23)13-5-7-14(21)8-6-13/h2-9,16H,10-11H2,1H3/t16-/m1/s1. The highest BCUT2D eigenvalue weighted by Crippen LogP contribution is 2.42. The highest BCUT2D eigenvalue weighted by atomic mass is 35.5. The normalized spacial score (nSPS) is 19.9. The van der Waals surface area contributed by atoms with Crippen LogP contribution in [0.2, 0.25) is 5.02 Å². The molecule has 2 aromatic carbocycles. The molecule has 0 spiro atoms. The number of esters is 1. The number of nitrogens with zero attached hydrogens (tertiary/aromatic N) is 1. The summed E-state index contributed by atoms with van der Waals surface area (Å²) in [5.74, 6) is -0.682. The zero-order valence-electron chi connectivity index (χ0n) is 13.7. The Morgan fingerprint density at radius 2 is 1.88 bits per heavy atom. The second-order valence-electron chi connectivity index (χ2n) is 6.31. The van der Waals surface area contributed by atoms with E-state index in [1.807, 2.05) is 43.3 Å². The van der Waals surface area contributed by atoms with Crippen LogP contribution in [-0.4, -0.2) is 18.5 Å². The minimum atomic E-state index is -0.347. The van der Waals surface area contributed by atoms with Crippen LogP contribution in [0.15, 0.2) is 59.8 Å². The summed E-state index contributed by atoms with van der Waals surface area (Å²) >= 11 is 5.96. The van der Waals surface area contributed by atoms with Crippen molar-refractivity contribution < 1.29 is 14.3 Å². The van der Waals surface area contributed by atoms with Crippen molar-refractivity contribution in [2.24, 2.45) is 0 Å². The summed E-state index contributed by atoms with van der Waals surface area (Å²) in [4.78, 5) is 26.9. The van der Waals surface area contributed by atoms with Gasteiger partial charge in [-0.3, -0.25) is 9.69 Å². The molecule has 1 atom stereocenters. The van der Waals surface area contributed by atoms with E-state index in [9.17, 15) is 9.59 Å². The Hall–Kier alpha value is -2.59. The van der Waals surface area contributed by atoms with Crippen LogP contribution < -0.4 is 4.90 Å². The van der Waals surface area contributed by atoms with Crippen LogP contribution in [0.1, 0.15) is 23.5 Å². The number of ether oxygens (including phenoxy) is 1. The van der Waals surface area contributed by atoms with Crippen molar-refractivity contribution in [3.8, 4) is 0 Å². The lowest BCUT2D eigenvalue weighted by Gasteiger charge is -2.32. The van der Waals surface area contributed by atoms with Crippen LogP contribution in [0.5, 0.6) is 0 Å². The van der Waals surface area contributed by atoms with E-state index < -0.39 is 0 Å². The van der Waals surface area contributed by atoms with Crippen molar-refractivity contribution in [3.63, 3.8) is 0 Å². The predicted molar refractivity (Wildman–Crippen MR) is 95.5 cm³/mol. The average molecular weight is 354 g/mol. The van der Waals surface area contributed by atoms with Gasteiger partial charge in [-0.25, -0.2) is 4.79 Å². The van der Waals surface area contributed by atoms with E-state index in [-0.39, 0.29) is 30.8 Å². The molecule has 0 bridgehead atoms. The topological polar surface area (TPSA) is 46.6 Å². The number of cyclic esters (lactones) is 1. The van der Waals surface area contributed by atoms with Gasteiger partial charge in [0.1, 0.15) is 6.61 Å². The molecule has 0 N–H and O–H groups in total. The van der Waals surface area contributed by atoms with Crippen LogP contribution in [-0.2, 0) is 14.3 Å². The summed E-state index contributed by atoms with van der Waals surface area (Å²) in [6.07, 6.45) is 0.226. The van der Waals surface area contributed by atoms with Crippen LogP contribution in [0, 0.1) is 6.92 Å². The maximum Gasteiger partial charge on any atom is 0.336 e. The number of carbonyl (C=O) groups excluding carboxylic acids is 2. The molecule has 0 saturated carbocycles. The summed E-state index contributed by atoms with van der Waals surface area (Å²) in [6, 6.07) is 15.0. The number of hydrogen-bond acceptors (Lipinski definition) is 3. The number of halogens is 1. The third-order valence-corrected chi connectivity index (χ3v) is 4.90. The smallest absolute Gasteiger partial charge is 0.336 e. The number of carbonyl (C=O) groups is 2. The van der Waals surface area contributed by atoms with Gasteiger partial charge in [0.25, 0.3) is 0 Å². The quantitative estimate of drug-likeness (QED) is 0.767. The molecule has 126 valence electrons. The zero-order chi connectivity index (χ0) is 17.6. The molecule has 5 heteroatoms. The van der Waals surface area contributed by atoms with Gasteiger partial charge in [0.05, 0.1) is 11.3 Å². The van der Waals surface area contributed by atoms with E-state index >= 15 is 0 Å². The number of amides is 1. The fourth-order valence-electron chi connectivity index (χ4n) is 3.50. The first-order chi connectivity index (χ1) is 12.0. The predicted octanol–water partition coefficient (Wildman–Crippen LogP) is 3.98. The van der Waals surface area contributed by atoms with Gasteiger partial charge in [0.15, 0.2) is 0 Å². The molecule has 2 aliphatic heterocycles. The van der Waals surface area contributed by atoms with Crippen molar-refractivity contribution in [1.82, 2.24) is 0 Å². The highest BCUT2D eigenvalue weighted by Gasteiger charge is 2.42. The molecule has 4 nitrogen and oxygen atoms in total. The van der Waals surface area contributed by atoms with E-state index in [2.05, 4.69) is 0 Å². The van der Waals surface area contributed by atoms with Gasteiger partial charge < -0.3 is 4.74 Å². The molecule has 2 heterocycles. The number of aryl methyl sites for hydroxylation is 1. The largest absolute Gasteiger partial charge is 0.456 e. The van der Waals surface area contributed by atoms with E-state index in [0.717, 1.165) is 16.8 Å². The molecule has 25 heavy (non-hydrogen) atoms. The van der Waals surface area contributed by atoms with Crippen molar-refractivity contribution >= 4 is 29.2 Å². The van der Waals surface area contributed by atoms with Crippen LogP contribution in [0.4, 0.5) is 5.69 Å². The lowest BCUT2D eigenvalue weighted by molar-refractivity contribution is -0.136. The Balaban J connectivity index is 1.83. The second-order valence-corrected chi connectivity index (χ2v) is 6.75. The average Bonchev–Trinajstić information content (AvgIpc) is 2.96. The van der Waals surface area contributed by atoms with Crippen LogP contribution in [0.25, 0.3) is 0 Å². The lowest BCUT2D eigenvalue weighted by atomic mass is 9.84. The van der Waals surface area contributed by atoms with E-state index in [0.29, 0.717) is 16.3 Å². The van der Waals surface area contributed by atoms with Crippen molar-refractivity contribution in [1.29, 1.82) is 0 Å². The number of hydrogen-bond donors (Lipinski definition) is 0. The van der Waals surface area contributed by atoms with Gasteiger partial charge in [-0.2, -0.15) is 0 Å². The summed E-state index contributed by atoms with van der Waals surface area (Å²) in [5, 5.41) is 0.621. The maximum absolute atomic E-state index is 12.9. The van der Waals surface area contributed by atoms with Gasteiger partial charge in [-0.1, -0.05) is 35.9 Å². The molecular formula is C20H16ClNO3. The van der Waals surface area contributed by atoms with E-state index in [1.165, 1.54) is 0 Å². The Kier molecular flexibility index (Phi) is 3.85. The summed E-state index contributed by atoms with van der Waals surface area (Å²) in [6.45, 7) is 2.10. The number of benzene rings is 2. The number of anilines is 1.